The first-order valence-electron chi connectivity index (χ1n) is 27.7. The van der Waals surface area contributed by atoms with Crippen molar-refractivity contribution in [1.29, 1.82) is 0 Å². The van der Waals surface area contributed by atoms with E-state index >= 15 is 0 Å². The Hall–Kier alpha value is -3.93. The van der Waals surface area contributed by atoms with E-state index in [1.54, 1.807) is 0 Å². The molecule has 0 bridgehead atoms. The first-order valence-corrected chi connectivity index (χ1v) is 38.0. The summed E-state index contributed by atoms with van der Waals surface area (Å²) in [6.07, 6.45) is 17.6. The van der Waals surface area contributed by atoms with Crippen molar-refractivity contribution in [1.82, 2.24) is 0 Å². The highest BCUT2D eigenvalue weighted by molar-refractivity contribution is 6.85. The van der Waals surface area contributed by atoms with Crippen molar-refractivity contribution >= 4 is 35.4 Å². The Bertz CT molecular complexity index is 2110. The van der Waals surface area contributed by atoms with Crippen molar-refractivity contribution in [2.24, 2.45) is 0 Å². The molecule has 3 nitrogen and oxygen atoms in total. The summed E-state index contributed by atoms with van der Waals surface area (Å²) in [6, 6.07) is 65.5. The van der Waals surface area contributed by atoms with E-state index in [1.165, 1.54) is 123 Å². The van der Waals surface area contributed by atoms with Crippen LogP contribution >= 0.6 is 0 Å². The molecule has 0 saturated heterocycles. The number of benzene rings is 6. The van der Waals surface area contributed by atoms with Crippen LogP contribution in [0.3, 0.4) is 0 Å². The van der Waals surface area contributed by atoms with Gasteiger partial charge in [-0.3, -0.25) is 0 Å². The normalized spacial score (nSPS) is 12.4. The Balaban J connectivity index is 0.000000244. The van der Waals surface area contributed by atoms with Gasteiger partial charge in [-0.2, -0.15) is 0 Å². The molecular weight excluding hydrogens is 941 g/mol. The van der Waals surface area contributed by atoms with Crippen molar-refractivity contribution in [3.8, 4) is 0 Å². The van der Waals surface area contributed by atoms with Gasteiger partial charge in [0.05, 0.1) is 12.0 Å². The van der Waals surface area contributed by atoms with E-state index in [4.69, 9.17) is 13.0 Å². The summed E-state index contributed by atoms with van der Waals surface area (Å²) in [5.41, 5.74) is 6.57. The molecule has 6 aromatic carbocycles. The third kappa shape index (κ3) is 18.5. The minimum Gasteiger partial charge on any atom is -0.455 e. The van der Waals surface area contributed by atoms with Crippen LogP contribution < -0.4 is 0 Å². The third-order valence-corrected chi connectivity index (χ3v) is 25.3. The van der Waals surface area contributed by atoms with Gasteiger partial charge in [-0.05, 0) is 96.7 Å². The first kappa shape index (κ1) is 60.6. The lowest BCUT2D eigenvalue weighted by atomic mass is 9.70. The van der Waals surface area contributed by atoms with Gasteiger partial charge < -0.3 is 13.0 Å². The van der Waals surface area contributed by atoms with Crippen LogP contribution in [0.1, 0.15) is 145 Å². The largest absolute Gasteiger partial charge is 0.455 e. The van der Waals surface area contributed by atoms with Crippen molar-refractivity contribution in [3.63, 3.8) is 0 Å². The molecule has 0 spiro atoms. The van der Waals surface area contributed by atoms with E-state index in [1.807, 2.05) is 0 Å². The van der Waals surface area contributed by atoms with Crippen molar-refractivity contribution in [2.75, 3.05) is 6.61 Å². The third-order valence-electron chi connectivity index (χ3n) is 14.6. The monoisotopic (exact) mass is 1040 g/mol. The van der Waals surface area contributed by atoms with Gasteiger partial charge in [-0.15, -0.1) is 0 Å². The zero-order chi connectivity index (χ0) is 52.4. The molecule has 0 radical (unpaired) electrons. The average Bonchev–Trinajstić information content (AvgIpc) is 3.38. The van der Waals surface area contributed by atoms with Crippen LogP contribution in [0.5, 0.6) is 0 Å². The Kier molecular flexibility index (Phi) is 25.6. The lowest BCUT2D eigenvalue weighted by Crippen LogP contribution is -2.49. The van der Waals surface area contributed by atoms with Crippen LogP contribution in [0.4, 0.5) is 0 Å². The van der Waals surface area contributed by atoms with E-state index < -0.39 is 30.6 Å². The van der Waals surface area contributed by atoms with Crippen molar-refractivity contribution in [2.45, 2.75) is 179 Å². The fourth-order valence-corrected chi connectivity index (χ4v) is 21.0. The Morgan fingerprint density at radius 1 is 0.403 bits per heavy atom. The first-order chi connectivity index (χ1) is 34.5. The number of hydrogen-bond donors (Lipinski definition) is 0. The fourth-order valence-electron chi connectivity index (χ4n) is 10.2. The van der Waals surface area contributed by atoms with Crippen LogP contribution in [0.15, 0.2) is 182 Å². The zero-order valence-corrected chi connectivity index (χ0v) is 52.2. The van der Waals surface area contributed by atoms with E-state index in [0.29, 0.717) is 11.6 Å². The molecule has 0 atom stereocenters. The molecule has 6 rings (SSSR count). The molecule has 0 N–H and O–H groups in total. The second-order valence-corrected chi connectivity index (χ2v) is 36.9. The predicted molar refractivity (Wildman–Crippen MR) is 325 cm³/mol. The highest BCUT2D eigenvalue weighted by atomic mass is 28.4. The van der Waals surface area contributed by atoms with E-state index in [2.05, 4.69) is 256 Å². The molecule has 0 aliphatic carbocycles. The van der Waals surface area contributed by atoms with E-state index in [9.17, 15) is 0 Å². The van der Waals surface area contributed by atoms with Crippen LogP contribution in [0, 0.1) is 0 Å². The minimum absolute atomic E-state index is 0.258. The second kappa shape index (κ2) is 30.4. The van der Waals surface area contributed by atoms with Gasteiger partial charge in [0.2, 0.25) is 0 Å². The predicted octanol–water partition coefficient (Wildman–Crippen LogP) is 18.5. The molecule has 7 heteroatoms. The number of rotatable bonds is 27. The van der Waals surface area contributed by atoms with Crippen LogP contribution in [0.2, 0.25) is 56.9 Å². The molecule has 0 heterocycles. The minimum atomic E-state index is -1.96. The summed E-state index contributed by atoms with van der Waals surface area (Å²) in [5, 5.41) is 0.401. The molecule has 72 heavy (non-hydrogen) atoms. The molecule has 0 unspecified atom stereocenters. The van der Waals surface area contributed by atoms with E-state index in [0.717, 1.165) is 10.5 Å². The maximum atomic E-state index is 7.35. The Morgan fingerprint density at radius 2 is 0.708 bits per heavy atom. The standard InChI is InChI=1S/C29H38OSi.C20H20OSi.C16H38OSi2/c1-4-5-6-7-8-18-25-31(2,3)30-29(26-19-12-9-13-20-26,27-21-14-10-15-22-27)28-23-16-11-17-24-28;22-21-16-20(17-10-4-1-5-11-17,18-12-6-2-7-13-18)19-14-8-3-9-15-19;1-9-10-11-12-13-14-15-16(2,3)19(7,8)17-18(4,5)6/h9-17,19-24H,4-8,18,25H2,1-3H3;1-15H,16H2,22H3;9-15H2,1-8H3. The Labute approximate surface area is 446 Å². The molecule has 6 aromatic rings. The topological polar surface area (TPSA) is 27.7 Å². The molecule has 390 valence electrons. The number of hydrogen-bond acceptors (Lipinski definition) is 3. The van der Waals surface area contributed by atoms with Crippen LogP contribution in [-0.4, -0.2) is 42.0 Å². The molecular formula is C65H96O3Si4. The van der Waals surface area contributed by atoms with Crippen LogP contribution in [0.25, 0.3) is 0 Å². The van der Waals surface area contributed by atoms with Crippen molar-refractivity contribution in [3.05, 3.63) is 215 Å². The fraction of sp³-hybridized carbons (Fsp3) is 0.446. The molecule has 0 fully saturated rings. The molecule has 0 saturated carbocycles. The second-order valence-electron chi connectivity index (χ2n) is 22.7. The van der Waals surface area contributed by atoms with Gasteiger partial charge in [-0.1, -0.05) is 287 Å². The summed E-state index contributed by atoms with van der Waals surface area (Å²) in [6.45, 7) is 26.7. The highest BCUT2D eigenvalue weighted by Crippen LogP contribution is 2.45. The maximum Gasteiger partial charge on any atom is 0.188 e. The lowest BCUT2D eigenvalue weighted by molar-refractivity contribution is 0.143. The summed E-state index contributed by atoms with van der Waals surface area (Å²) in [7, 11) is -4.22. The van der Waals surface area contributed by atoms with E-state index in [-0.39, 0.29) is 5.41 Å². The summed E-state index contributed by atoms with van der Waals surface area (Å²) in [5.74, 6) is 0. The Morgan fingerprint density at radius 3 is 1.03 bits per heavy atom. The SMILES string of the molecule is CCCCCCCCC(C)(C)[Si](C)(C)O[Si](C)(C)C.CCCCCCCC[Si](C)(C)OC(c1ccccc1)(c1ccccc1)c1ccccc1.[SiH3]OCC(c1ccccc1)(c1ccccc1)c1ccccc1. The lowest BCUT2D eigenvalue weighted by Gasteiger charge is -2.43. The molecule has 0 aliphatic rings. The quantitative estimate of drug-likeness (QED) is 0.0292. The van der Waals surface area contributed by atoms with Gasteiger partial charge in [0, 0.05) is 0 Å². The smallest absolute Gasteiger partial charge is 0.188 e. The zero-order valence-electron chi connectivity index (χ0n) is 47.2. The summed E-state index contributed by atoms with van der Waals surface area (Å²) in [4.78, 5) is 0. The van der Waals surface area contributed by atoms with Crippen LogP contribution in [-0.2, 0) is 24.0 Å². The van der Waals surface area contributed by atoms with Crippen molar-refractivity contribution < 1.29 is 13.0 Å². The summed E-state index contributed by atoms with van der Waals surface area (Å²) >= 11 is 0. The average molecular weight is 1040 g/mol. The highest BCUT2D eigenvalue weighted by Gasteiger charge is 2.44. The maximum absolute atomic E-state index is 7.35. The van der Waals surface area contributed by atoms with Gasteiger partial charge in [0.25, 0.3) is 0 Å². The number of unbranched alkanes of at least 4 members (excludes halogenated alkanes) is 10. The van der Waals surface area contributed by atoms with Gasteiger partial charge >= 0.3 is 0 Å². The van der Waals surface area contributed by atoms with Gasteiger partial charge in [0.15, 0.2) is 25.0 Å². The van der Waals surface area contributed by atoms with Gasteiger partial charge in [-0.25, -0.2) is 0 Å². The molecule has 0 aliphatic heterocycles. The van der Waals surface area contributed by atoms with Gasteiger partial charge in [0.1, 0.15) is 16.1 Å². The molecule has 0 aromatic heterocycles. The summed E-state index contributed by atoms with van der Waals surface area (Å²) < 4.78 is 19.7. The molecule has 0 amide bonds.